The molecule has 0 bridgehead atoms. The third kappa shape index (κ3) is 2.26. The molecule has 1 aromatic heterocycles. The lowest BCUT2D eigenvalue weighted by Crippen LogP contribution is -2.11. The van der Waals surface area contributed by atoms with Crippen molar-refractivity contribution in [3.05, 3.63) is 63.4 Å². The van der Waals surface area contributed by atoms with Crippen LogP contribution in [-0.4, -0.2) is 10.8 Å². The van der Waals surface area contributed by atoms with Crippen LogP contribution in [-0.2, 0) is 6.42 Å². The number of Topliss-reactive ketones (excluding diaryl/α,β-unsaturated/α-hetero) is 1. The van der Waals surface area contributed by atoms with E-state index in [-0.39, 0.29) is 11.7 Å². The van der Waals surface area contributed by atoms with Crippen LogP contribution in [0.15, 0.2) is 36.5 Å². The largest absolute Gasteiger partial charge is 0.293 e. The number of aromatic nitrogens is 1. The van der Waals surface area contributed by atoms with Gasteiger partial charge in [-0.3, -0.25) is 9.78 Å². The maximum absolute atomic E-state index is 12.6. The Kier molecular flexibility index (Phi) is 3.29. The third-order valence-corrected chi connectivity index (χ3v) is 4.02. The Morgan fingerprint density at radius 2 is 2.11 bits per heavy atom. The summed E-state index contributed by atoms with van der Waals surface area (Å²) < 4.78 is 0. The number of nitrogens with zero attached hydrogens (tertiary/aromatic N) is 1. The predicted molar refractivity (Wildman–Crippen MR) is 76.1 cm³/mol. The first kappa shape index (κ1) is 12.6. The summed E-state index contributed by atoms with van der Waals surface area (Å²) in [5.41, 5.74) is 2.57. The molecular weight excluding hydrogens is 281 g/mol. The summed E-state index contributed by atoms with van der Waals surface area (Å²) in [4.78, 5) is 16.9. The number of aryl methyl sites for hydroxylation is 1. The quantitative estimate of drug-likeness (QED) is 0.772. The average Bonchev–Trinajstić information content (AvgIpc) is 2.82. The fraction of sp³-hybridized carbons (Fsp3) is 0.200. The molecule has 19 heavy (non-hydrogen) atoms. The fourth-order valence-corrected chi connectivity index (χ4v) is 3.05. The molecule has 1 aromatic carbocycles. The Morgan fingerprint density at radius 1 is 1.26 bits per heavy atom. The van der Waals surface area contributed by atoms with E-state index < -0.39 is 0 Å². The summed E-state index contributed by atoms with van der Waals surface area (Å²) in [5.74, 6) is -0.158. The van der Waals surface area contributed by atoms with Gasteiger partial charge in [0.05, 0.1) is 16.6 Å². The van der Waals surface area contributed by atoms with Crippen molar-refractivity contribution in [1.82, 2.24) is 4.98 Å². The minimum atomic E-state index is -0.185. The smallest absolute Gasteiger partial charge is 0.173 e. The van der Waals surface area contributed by atoms with Crippen molar-refractivity contribution in [3.63, 3.8) is 0 Å². The first-order valence-corrected chi connectivity index (χ1v) is 6.85. The van der Waals surface area contributed by atoms with Crippen molar-refractivity contribution in [1.29, 1.82) is 0 Å². The lowest BCUT2D eigenvalue weighted by Gasteiger charge is -2.11. The molecule has 1 heterocycles. The molecule has 1 atom stereocenters. The number of halogens is 2. The van der Waals surface area contributed by atoms with Gasteiger partial charge in [-0.25, -0.2) is 0 Å². The number of carbonyl (C=O) groups is 1. The number of hydrogen-bond donors (Lipinski definition) is 0. The lowest BCUT2D eigenvalue weighted by atomic mass is 9.95. The van der Waals surface area contributed by atoms with E-state index >= 15 is 0 Å². The normalized spacial score (nSPS) is 17.3. The van der Waals surface area contributed by atoms with Gasteiger partial charge in [0, 0.05) is 16.8 Å². The van der Waals surface area contributed by atoms with Gasteiger partial charge < -0.3 is 0 Å². The van der Waals surface area contributed by atoms with E-state index in [1.807, 2.05) is 12.1 Å². The molecule has 1 aliphatic rings. The summed E-state index contributed by atoms with van der Waals surface area (Å²) in [7, 11) is 0. The zero-order valence-corrected chi connectivity index (χ0v) is 11.6. The van der Waals surface area contributed by atoms with E-state index in [4.69, 9.17) is 23.2 Å². The Morgan fingerprint density at radius 3 is 2.89 bits per heavy atom. The molecule has 0 aliphatic heterocycles. The molecule has 2 nitrogen and oxygen atoms in total. The van der Waals surface area contributed by atoms with Crippen molar-refractivity contribution in [2.24, 2.45) is 0 Å². The van der Waals surface area contributed by atoms with Crippen LogP contribution in [0.2, 0.25) is 10.0 Å². The number of benzene rings is 1. The first-order valence-electron chi connectivity index (χ1n) is 6.10. The standard InChI is InChI=1S/C15H11Cl2NO/c16-10-4-6-11(13(17)8-10)15(19)12-5-3-9-2-1-7-18-14(9)12/h1-2,4,6-8,12H,3,5H2. The number of ketones is 1. The van der Waals surface area contributed by atoms with Gasteiger partial charge in [0.1, 0.15) is 0 Å². The summed E-state index contributed by atoms with van der Waals surface area (Å²) in [6.07, 6.45) is 3.42. The molecule has 0 saturated heterocycles. The monoisotopic (exact) mass is 291 g/mol. The van der Waals surface area contributed by atoms with Crippen molar-refractivity contribution >= 4 is 29.0 Å². The molecule has 0 amide bonds. The molecule has 0 spiro atoms. The molecule has 96 valence electrons. The highest BCUT2D eigenvalue weighted by molar-refractivity contribution is 6.37. The van der Waals surface area contributed by atoms with Crippen LogP contribution in [0.4, 0.5) is 0 Å². The molecule has 3 rings (SSSR count). The Labute approximate surface area is 121 Å². The van der Waals surface area contributed by atoms with Gasteiger partial charge >= 0.3 is 0 Å². The van der Waals surface area contributed by atoms with Crippen LogP contribution in [0.3, 0.4) is 0 Å². The van der Waals surface area contributed by atoms with Crippen LogP contribution >= 0.6 is 23.2 Å². The highest BCUT2D eigenvalue weighted by Crippen LogP contribution is 2.35. The second kappa shape index (κ2) is 4.95. The van der Waals surface area contributed by atoms with E-state index in [2.05, 4.69) is 4.98 Å². The highest BCUT2D eigenvalue weighted by Gasteiger charge is 2.31. The topological polar surface area (TPSA) is 30.0 Å². The van der Waals surface area contributed by atoms with Gasteiger partial charge in [-0.05, 0) is 42.7 Å². The zero-order valence-electron chi connectivity index (χ0n) is 10.1. The number of hydrogen-bond acceptors (Lipinski definition) is 2. The molecule has 1 aliphatic carbocycles. The molecule has 0 N–H and O–H groups in total. The molecule has 0 radical (unpaired) electrons. The molecule has 0 saturated carbocycles. The average molecular weight is 292 g/mol. The Balaban J connectivity index is 1.98. The number of rotatable bonds is 2. The highest BCUT2D eigenvalue weighted by atomic mass is 35.5. The maximum atomic E-state index is 12.6. The summed E-state index contributed by atoms with van der Waals surface area (Å²) in [6, 6.07) is 8.91. The van der Waals surface area contributed by atoms with Gasteiger partial charge in [0.15, 0.2) is 5.78 Å². The van der Waals surface area contributed by atoms with Crippen LogP contribution in [0, 0.1) is 0 Å². The van der Waals surface area contributed by atoms with Crippen LogP contribution in [0.1, 0.15) is 34.0 Å². The molecular formula is C15H11Cl2NO. The van der Waals surface area contributed by atoms with Crippen molar-refractivity contribution in [2.75, 3.05) is 0 Å². The Bertz CT molecular complexity index is 654. The summed E-state index contributed by atoms with van der Waals surface area (Å²) in [5, 5.41) is 0.938. The number of carbonyl (C=O) groups excluding carboxylic acids is 1. The van der Waals surface area contributed by atoms with Gasteiger partial charge in [-0.15, -0.1) is 0 Å². The van der Waals surface area contributed by atoms with Gasteiger partial charge in [0.2, 0.25) is 0 Å². The van der Waals surface area contributed by atoms with Crippen LogP contribution in [0.5, 0.6) is 0 Å². The molecule has 1 unspecified atom stereocenters. The van der Waals surface area contributed by atoms with Gasteiger partial charge in [-0.1, -0.05) is 29.3 Å². The summed E-state index contributed by atoms with van der Waals surface area (Å²) in [6.45, 7) is 0. The second-order valence-corrected chi connectivity index (χ2v) is 5.47. The van der Waals surface area contributed by atoms with E-state index in [0.29, 0.717) is 15.6 Å². The van der Waals surface area contributed by atoms with Gasteiger partial charge in [-0.2, -0.15) is 0 Å². The molecule has 4 heteroatoms. The van der Waals surface area contributed by atoms with E-state index in [0.717, 1.165) is 24.1 Å². The van der Waals surface area contributed by atoms with Gasteiger partial charge in [0.25, 0.3) is 0 Å². The first-order chi connectivity index (χ1) is 9.16. The van der Waals surface area contributed by atoms with E-state index in [1.165, 1.54) is 0 Å². The van der Waals surface area contributed by atoms with E-state index in [1.54, 1.807) is 24.4 Å². The number of fused-ring (bicyclic) bond motifs is 1. The zero-order chi connectivity index (χ0) is 13.4. The lowest BCUT2D eigenvalue weighted by molar-refractivity contribution is 0.0958. The minimum absolute atomic E-state index is 0.0270. The second-order valence-electron chi connectivity index (χ2n) is 4.63. The van der Waals surface area contributed by atoms with Crippen molar-refractivity contribution in [3.8, 4) is 0 Å². The molecule has 2 aromatic rings. The summed E-state index contributed by atoms with van der Waals surface area (Å²) >= 11 is 12.0. The van der Waals surface area contributed by atoms with Crippen LogP contribution in [0.25, 0.3) is 0 Å². The predicted octanol–water partition coefficient (Wildman–Crippen LogP) is 4.30. The number of pyridine rings is 1. The fourth-order valence-electron chi connectivity index (χ4n) is 2.54. The minimum Gasteiger partial charge on any atom is -0.293 e. The maximum Gasteiger partial charge on any atom is 0.173 e. The third-order valence-electron chi connectivity index (χ3n) is 3.47. The van der Waals surface area contributed by atoms with Crippen molar-refractivity contribution in [2.45, 2.75) is 18.8 Å². The van der Waals surface area contributed by atoms with Crippen LogP contribution < -0.4 is 0 Å². The SMILES string of the molecule is O=C(c1ccc(Cl)cc1Cl)C1CCc2cccnc21. The molecule has 0 fully saturated rings. The van der Waals surface area contributed by atoms with E-state index in [9.17, 15) is 4.79 Å². The Hall–Kier alpha value is -1.38. The van der Waals surface area contributed by atoms with Crippen molar-refractivity contribution < 1.29 is 4.79 Å².